The first-order valence-electron chi connectivity index (χ1n) is 4.70. The van der Waals surface area contributed by atoms with Gasteiger partial charge in [0.25, 0.3) is 0 Å². The first-order valence-corrected chi connectivity index (χ1v) is 4.70. The summed E-state index contributed by atoms with van der Waals surface area (Å²) in [6.45, 7) is 2.01. The molecule has 1 aromatic carbocycles. The molecule has 2 atom stereocenters. The van der Waals surface area contributed by atoms with Crippen molar-refractivity contribution in [1.29, 1.82) is 5.26 Å². The van der Waals surface area contributed by atoms with Crippen LogP contribution in [0.4, 0.5) is 0 Å². The number of hydrogen-bond acceptors (Lipinski definition) is 3. The summed E-state index contributed by atoms with van der Waals surface area (Å²) in [5.74, 6) is 0. The fraction of sp³-hybridized carbons (Fsp3) is 0.364. The van der Waals surface area contributed by atoms with Gasteiger partial charge in [-0.2, -0.15) is 5.26 Å². The predicted octanol–water partition coefficient (Wildman–Crippen LogP) is 1.30. The van der Waals surface area contributed by atoms with Crippen molar-refractivity contribution in [2.75, 3.05) is 0 Å². The highest BCUT2D eigenvalue weighted by Crippen LogP contribution is 2.15. The van der Waals surface area contributed by atoms with E-state index in [0.717, 1.165) is 12.0 Å². The molecule has 0 aromatic heterocycles. The Morgan fingerprint density at radius 1 is 1.29 bits per heavy atom. The summed E-state index contributed by atoms with van der Waals surface area (Å²) in [6, 6.07) is 9.14. The Morgan fingerprint density at radius 3 is 2.29 bits per heavy atom. The Morgan fingerprint density at radius 2 is 1.86 bits per heavy atom. The molecule has 1 aromatic rings. The SMILES string of the molecule is CCC(N)C(N)c1ccc(C#N)cc1. The molecule has 74 valence electrons. The van der Waals surface area contributed by atoms with Gasteiger partial charge in [-0.3, -0.25) is 0 Å². The molecule has 0 spiro atoms. The van der Waals surface area contributed by atoms with E-state index in [4.69, 9.17) is 16.7 Å². The summed E-state index contributed by atoms with van der Waals surface area (Å²) in [7, 11) is 0. The Labute approximate surface area is 84.3 Å². The topological polar surface area (TPSA) is 75.8 Å². The van der Waals surface area contributed by atoms with Crippen molar-refractivity contribution in [3.8, 4) is 6.07 Å². The Kier molecular flexibility index (Phi) is 3.63. The molecule has 0 aliphatic rings. The molecular weight excluding hydrogens is 174 g/mol. The van der Waals surface area contributed by atoms with Crippen molar-refractivity contribution in [3.63, 3.8) is 0 Å². The van der Waals surface area contributed by atoms with E-state index in [-0.39, 0.29) is 12.1 Å². The van der Waals surface area contributed by atoms with Crippen molar-refractivity contribution in [1.82, 2.24) is 0 Å². The van der Waals surface area contributed by atoms with E-state index in [9.17, 15) is 0 Å². The molecule has 0 aliphatic heterocycles. The zero-order valence-electron chi connectivity index (χ0n) is 8.27. The molecule has 0 bridgehead atoms. The third-order valence-corrected chi connectivity index (χ3v) is 2.36. The van der Waals surface area contributed by atoms with Gasteiger partial charge in [-0.1, -0.05) is 19.1 Å². The quantitative estimate of drug-likeness (QED) is 0.752. The summed E-state index contributed by atoms with van der Waals surface area (Å²) < 4.78 is 0. The lowest BCUT2D eigenvalue weighted by Gasteiger charge is -2.18. The minimum absolute atomic E-state index is 0.0251. The molecule has 3 nitrogen and oxygen atoms in total. The minimum atomic E-state index is -0.146. The first kappa shape index (κ1) is 10.7. The molecule has 2 unspecified atom stereocenters. The van der Waals surface area contributed by atoms with E-state index >= 15 is 0 Å². The van der Waals surface area contributed by atoms with Gasteiger partial charge in [0.05, 0.1) is 11.6 Å². The molecule has 14 heavy (non-hydrogen) atoms. The molecule has 0 saturated heterocycles. The Balaban J connectivity index is 2.82. The van der Waals surface area contributed by atoms with Crippen molar-refractivity contribution < 1.29 is 0 Å². The van der Waals surface area contributed by atoms with E-state index < -0.39 is 0 Å². The van der Waals surface area contributed by atoms with Gasteiger partial charge in [-0.25, -0.2) is 0 Å². The molecule has 0 fully saturated rings. The molecule has 4 N–H and O–H groups in total. The average Bonchev–Trinajstić information content (AvgIpc) is 2.27. The number of nitriles is 1. The second-order valence-electron chi connectivity index (χ2n) is 3.33. The van der Waals surface area contributed by atoms with Crippen LogP contribution in [-0.4, -0.2) is 6.04 Å². The number of nitrogens with two attached hydrogens (primary N) is 2. The zero-order chi connectivity index (χ0) is 10.6. The lowest BCUT2D eigenvalue weighted by atomic mass is 9.98. The average molecular weight is 189 g/mol. The van der Waals surface area contributed by atoms with Gasteiger partial charge in [-0.05, 0) is 24.1 Å². The molecule has 0 amide bonds. The van der Waals surface area contributed by atoms with Crippen molar-refractivity contribution in [2.45, 2.75) is 25.4 Å². The van der Waals surface area contributed by atoms with Crippen LogP contribution in [0.2, 0.25) is 0 Å². The molecule has 0 radical (unpaired) electrons. The van der Waals surface area contributed by atoms with Gasteiger partial charge in [0.1, 0.15) is 0 Å². The molecule has 0 heterocycles. The van der Waals surface area contributed by atoms with E-state index in [0.29, 0.717) is 5.56 Å². The monoisotopic (exact) mass is 189 g/mol. The maximum absolute atomic E-state index is 8.62. The fourth-order valence-corrected chi connectivity index (χ4v) is 1.28. The van der Waals surface area contributed by atoms with Gasteiger partial charge < -0.3 is 11.5 Å². The van der Waals surface area contributed by atoms with Crippen LogP contribution < -0.4 is 11.5 Å². The van der Waals surface area contributed by atoms with E-state index in [1.807, 2.05) is 19.1 Å². The standard InChI is InChI=1S/C11H15N3/c1-2-10(13)11(14)9-5-3-8(7-12)4-6-9/h3-6,10-11H,2,13-14H2,1H3. The smallest absolute Gasteiger partial charge is 0.0991 e. The lowest BCUT2D eigenvalue weighted by molar-refractivity contribution is 0.532. The first-order chi connectivity index (χ1) is 6.69. The number of benzene rings is 1. The van der Waals surface area contributed by atoms with Crippen LogP contribution in [0.3, 0.4) is 0 Å². The maximum atomic E-state index is 8.62. The van der Waals surface area contributed by atoms with Crippen molar-refractivity contribution in [2.24, 2.45) is 11.5 Å². The van der Waals surface area contributed by atoms with Crippen LogP contribution in [-0.2, 0) is 0 Å². The highest BCUT2D eigenvalue weighted by molar-refractivity contribution is 5.33. The van der Waals surface area contributed by atoms with Crippen LogP contribution in [0, 0.1) is 11.3 Å². The Hall–Kier alpha value is -1.37. The maximum Gasteiger partial charge on any atom is 0.0991 e. The molecule has 0 aliphatic carbocycles. The summed E-state index contributed by atoms with van der Waals surface area (Å²) in [6.07, 6.45) is 0.848. The lowest BCUT2D eigenvalue weighted by Crippen LogP contribution is -2.33. The predicted molar refractivity (Wildman–Crippen MR) is 56.4 cm³/mol. The van der Waals surface area contributed by atoms with Gasteiger partial charge >= 0.3 is 0 Å². The summed E-state index contributed by atoms with van der Waals surface area (Å²) in [4.78, 5) is 0. The van der Waals surface area contributed by atoms with Crippen LogP contribution >= 0.6 is 0 Å². The largest absolute Gasteiger partial charge is 0.326 e. The highest BCUT2D eigenvalue weighted by atomic mass is 14.8. The van der Waals surface area contributed by atoms with Crippen LogP contribution in [0.5, 0.6) is 0 Å². The van der Waals surface area contributed by atoms with Gasteiger partial charge in [0.15, 0.2) is 0 Å². The van der Waals surface area contributed by atoms with E-state index in [1.54, 1.807) is 12.1 Å². The second-order valence-corrected chi connectivity index (χ2v) is 3.33. The zero-order valence-corrected chi connectivity index (χ0v) is 8.27. The Bertz CT molecular complexity index is 323. The molecule has 0 saturated carbocycles. The molecule has 3 heteroatoms. The fourth-order valence-electron chi connectivity index (χ4n) is 1.28. The van der Waals surface area contributed by atoms with Crippen molar-refractivity contribution in [3.05, 3.63) is 35.4 Å². The minimum Gasteiger partial charge on any atom is -0.326 e. The van der Waals surface area contributed by atoms with Crippen LogP contribution in [0.25, 0.3) is 0 Å². The van der Waals surface area contributed by atoms with Gasteiger partial charge in [-0.15, -0.1) is 0 Å². The summed E-state index contributed by atoms with van der Waals surface area (Å²) in [5, 5.41) is 8.62. The number of nitrogens with zero attached hydrogens (tertiary/aromatic N) is 1. The summed E-state index contributed by atoms with van der Waals surface area (Å²) in [5.41, 5.74) is 13.4. The number of rotatable bonds is 3. The van der Waals surface area contributed by atoms with Gasteiger partial charge in [0.2, 0.25) is 0 Å². The van der Waals surface area contributed by atoms with E-state index in [1.165, 1.54) is 0 Å². The third kappa shape index (κ3) is 2.32. The highest BCUT2D eigenvalue weighted by Gasteiger charge is 2.12. The molecule has 1 rings (SSSR count). The van der Waals surface area contributed by atoms with Crippen molar-refractivity contribution >= 4 is 0 Å². The van der Waals surface area contributed by atoms with E-state index in [2.05, 4.69) is 6.07 Å². The molecular formula is C11H15N3. The van der Waals surface area contributed by atoms with Crippen LogP contribution in [0.1, 0.15) is 30.5 Å². The second kappa shape index (κ2) is 4.75. The third-order valence-electron chi connectivity index (χ3n) is 2.36. The normalized spacial score (nSPS) is 14.4. The van der Waals surface area contributed by atoms with Crippen LogP contribution in [0.15, 0.2) is 24.3 Å². The number of hydrogen-bond donors (Lipinski definition) is 2. The van der Waals surface area contributed by atoms with Gasteiger partial charge in [0, 0.05) is 12.1 Å². The summed E-state index contributed by atoms with van der Waals surface area (Å²) >= 11 is 0.